The fourth-order valence-electron chi connectivity index (χ4n) is 2.32. The van der Waals surface area contributed by atoms with E-state index in [0.29, 0.717) is 0 Å². The summed E-state index contributed by atoms with van der Waals surface area (Å²) in [4.78, 5) is 2.51. The first-order chi connectivity index (χ1) is 8.29. The van der Waals surface area contributed by atoms with Gasteiger partial charge in [-0.05, 0) is 25.0 Å². The third-order valence-corrected chi connectivity index (χ3v) is 3.34. The Kier molecular flexibility index (Phi) is 4.40. The Bertz CT molecular complexity index is 359. The van der Waals surface area contributed by atoms with E-state index in [0.717, 1.165) is 44.9 Å². The van der Waals surface area contributed by atoms with Gasteiger partial charge in [-0.15, -0.1) is 0 Å². The van der Waals surface area contributed by atoms with Crippen LogP contribution in [0, 0.1) is 6.92 Å². The Balaban J connectivity index is 1.95. The summed E-state index contributed by atoms with van der Waals surface area (Å²) in [6.45, 7) is 7.81. The van der Waals surface area contributed by atoms with E-state index in [1.165, 1.54) is 11.1 Å². The summed E-state index contributed by atoms with van der Waals surface area (Å²) in [6.07, 6.45) is 1.07. The number of hydrogen-bond donors (Lipinski definition) is 1. The van der Waals surface area contributed by atoms with Gasteiger partial charge in [-0.2, -0.15) is 0 Å². The lowest BCUT2D eigenvalue weighted by Gasteiger charge is -2.27. The molecule has 0 saturated carbocycles. The van der Waals surface area contributed by atoms with Crippen LogP contribution in [0.5, 0.6) is 5.75 Å². The van der Waals surface area contributed by atoms with Crippen LogP contribution in [0.3, 0.4) is 0 Å². The first-order valence-electron chi connectivity index (χ1n) is 6.36. The normalized spacial score (nSPS) is 17.1. The first kappa shape index (κ1) is 12.4. The largest absolute Gasteiger partial charge is 0.496 e. The summed E-state index contributed by atoms with van der Waals surface area (Å²) < 4.78 is 5.41. The number of benzene rings is 1. The lowest BCUT2D eigenvalue weighted by molar-refractivity contribution is 0.243. The van der Waals surface area contributed by atoms with Crippen molar-refractivity contribution in [2.24, 2.45) is 0 Å². The van der Waals surface area contributed by atoms with E-state index in [2.05, 4.69) is 35.3 Å². The van der Waals surface area contributed by atoms with Gasteiger partial charge in [0, 0.05) is 32.7 Å². The number of rotatable bonds is 4. The summed E-state index contributed by atoms with van der Waals surface area (Å²) in [5.74, 6) is 1.02. The van der Waals surface area contributed by atoms with Crippen molar-refractivity contribution in [3.63, 3.8) is 0 Å². The third-order valence-electron chi connectivity index (χ3n) is 3.34. The van der Waals surface area contributed by atoms with Crippen LogP contribution in [0.15, 0.2) is 18.2 Å². The number of hydrogen-bond acceptors (Lipinski definition) is 3. The van der Waals surface area contributed by atoms with Gasteiger partial charge < -0.3 is 15.0 Å². The van der Waals surface area contributed by atoms with Crippen molar-refractivity contribution >= 4 is 0 Å². The first-order valence-corrected chi connectivity index (χ1v) is 6.36. The molecule has 0 unspecified atom stereocenters. The van der Waals surface area contributed by atoms with Crippen LogP contribution < -0.4 is 10.1 Å². The molecule has 0 spiro atoms. The van der Waals surface area contributed by atoms with Crippen molar-refractivity contribution in [3.05, 3.63) is 29.3 Å². The van der Waals surface area contributed by atoms with Crippen molar-refractivity contribution in [2.75, 3.05) is 39.8 Å². The second kappa shape index (κ2) is 6.03. The fraction of sp³-hybridized carbons (Fsp3) is 0.571. The number of nitrogens with zero attached hydrogens (tertiary/aromatic N) is 1. The zero-order valence-electron chi connectivity index (χ0n) is 10.8. The smallest absolute Gasteiger partial charge is 0.122 e. The van der Waals surface area contributed by atoms with Gasteiger partial charge >= 0.3 is 0 Å². The second-order valence-corrected chi connectivity index (χ2v) is 4.66. The Labute approximate surface area is 104 Å². The number of aryl methyl sites for hydroxylation is 1. The maximum absolute atomic E-state index is 5.41. The molecule has 1 fully saturated rings. The SMILES string of the molecule is COc1ccc(C)cc1CCN1CCNCC1. The van der Waals surface area contributed by atoms with Gasteiger partial charge in [-0.1, -0.05) is 17.7 Å². The molecule has 1 aliphatic heterocycles. The number of nitrogens with one attached hydrogen (secondary N) is 1. The topological polar surface area (TPSA) is 24.5 Å². The van der Waals surface area contributed by atoms with Crippen LogP contribution in [0.2, 0.25) is 0 Å². The molecule has 0 amide bonds. The zero-order chi connectivity index (χ0) is 12.1. The molecule has 1 N–H and O–H groups in total. The Morgan fingerprint density at radius 3 is 2.76 bits per heavy atom. The molecular formula is C14H22N2O. The van der Waals surface area contributed by atoms with Crippen LogP contribution >= 0.6 is 0 Å². The molecule has 3 nitrogen and oxygen atoms in total. The van der Waals surface area contributed by atoms with Gasteiger partial charge in [0.1, 0.15) is 5.75 Å². The molecule has 1 aromatic carbocycles. The minimum Gasteiger partial charge on any atom is -0.496 e. The third kappa shape index (κ3) is 3.45. The average molecular weight is 234 g/mol. The lowest BCUT2D eigenvalue weighted by atomic mass is 10.1. The maximum atomic E-state index is 5.41. The van der Waals surface area contributed by atoms with Crippen LogP contribution in [0.25, 0.3) is 0 Å². The summed E-state index contributed by atoms with van der Waals surface area (Å²) in [6, 6.07) is 6.41. The van der Waals surface area contributed by atoms with Gasteiger partial charge in [0.2, 0.25) is 0 Å². The van der Waals surface area contributed by atoms with E-state index in [-0.39, 0.29) is 0 Å². The van der Waals surface area contributed by atoms with Gasteiger partial charge in [0.15, 0.2) is 0 Å². The molecule has 0 aromatic heterocycles. The number of ether oxygens (including phenoxy) is 1. The van der Waals surface area contributed by atoms with Crippen molar-refractivity contribution in [1.82, 2.24) is 10.2 Å². The Morgan fingerprint density at radius 1 is 1.29 bits per heavy atom. The van der Waals surface area contributed by atoms with Gasteiger partial charge in [-0.25, -0.2) is 0 Å². The van der Waals surface area contributed by atoms with Crippen LogP contribution in [-0.2, 0) is 6.42 Å². The summed E-state index contributed by atoms with van der Waals surface area (Å²) >= 11 is 0. The van der Waals surface area contributed by atoms with E-state index in [9.17, 15) is 0 Å². The van der Waals surface area contributed by atoms with Gasteiger partial charge in [0.25, 0.3) is 0 Å². The summed E-state index contributed by atoms with van der Waals surface area (Å²) in [7, 11) is 1.75. The molecular weight excluding hydrogens is 212 g/mol. The number of methoxy groups -OCH3 is 1. The van der Waals surface area contributed by atoms with Crippen LogP contribution in [0.1, 0.15) is 11.1 Å². The van der Waals surface area contributed by atoms with E-state index in [1.807, 2.05) is 0 Å². The highest BCUT2D eigenvalue weighted by atomic mass is 16.5. The monoisotopic (exact) mass is 234 g/mol. The van der Waals surface area contributed by atoms with Crippen molar-refractivity contribution < 1.29 is 4.74 Å². The van der Waals surface area contributed by atoms with Crippen molar-refractivity contribution in [2.45, 2.75) is 13.3 Å². The standard InChI is InChI=1S/C14H22N2O/c1-12-3-4-14(17-2)13(11-12)5-8-16-9-6-15-7-10-16/h3-4,11,15H,5-10H2,1-2H3. The molecule has 17 heavy (non-hydrogen) atoms. The van der Waals surface area contributed by atoms with E-state index in [4.69, 9.17) is 4.74 Å². The van der Waals surface area contributed by atoms with Crippen molar-refractivity contribution in [3.8, 4) is 5.75 Å². The quantitative estimate of drug-likeness (QED) is 0.853. The second-order valence-electron chi connectivity index (χ2n) is 4.66. The Hall–Kier alpha value is -1.06. The highest BCUT2D eigenvalue weighted by Gasteiger charge is 2.10. The molecule has 0 radical (unpaired) electrons. The van der Waals surface area contributed by atoms with Gasteiger partial charge in [0.05, 0.1) is 7.11 Å². The van der Waals surface area contributed by atoms with Crippen LogP contribution in [-0.4, -0.2) is 44.7 Å². The summed E-state index contributed by atoms with van der Waals surface area (Å²) in [5, 5.41) is 3.38. The summed E-state index contributed by atoms with van der Waals surface area (Å²) in [5.41, 5.74) is 2.63. The Morgan fingerprint density at radius 2 is 2.06 bits per heavy atom. The van der Waals surface area contributed by atoms with Crippen molar-refractivity contribution in [1.29, 1.82) is 0 Å². The molecule has 0 aliphatic carbocycles. The number of piperazine rings is 1. The highest BCUT2D eigenvalue weighted by molar-refractivity contribution is 5.37. The van der Waals surface area contributed by atoms with E-state index >= 15 is 0 Å². The van der Waals surface area contributed by atoms with Gasteiger partial charge in [-0.3, -0.25) is 0 Å². The molecule has 1 saturated heterocycles. The molecule has 1 aliphatic rings. The lowest BCUT2D eigenvalue weighted by Crippen LogP contribution is -2.44. The fourth-order valence-corrected chi connectivity index (χ4v) is 2.32. The predicted octanol–water partition coefficient (Wildman–Crippen LogP) is 1.45. The molecule has 3 heteroatoms. The molecule has 0 atom stereocenters. The zero-order valence-corrected chi connectivity index (χ0v) is 10.8. The molecule has 0 bridgehead atoms. The average Bonchev–Trinajstić information content (AvgIpc) is 2.38. The predicted molar refractivity (Wildman–Crippen MR) is 70.7 cm³/mol. The minimum atomic E-state index is 1.02. The molecule has 94 valence electrons. The molecule has 2 rings (SSSR count). The molecule has 1 heterocycles. The van der Waals surface area contributed by atoms with E-state index in [1.54, 1.807) is 7.11 Å². The van der Waals surface area contributed by atoms with Crippen LogP contribution in [0.4, 0.5) is 0 Å². The molecule has 1 aromatic rings. The maximum Gasteiger partial charge on any atom is 0.122 e. The van der Waals surface area contributed by atoms with E-state index < -0.39 is 0 Å². The highest BCUT2D eigenvalue weighted by Crippen LogP contribution is 2.20. The minimum absolute atomic E-state index is 1.02.